The minimum Gasteiger partial charge on any atom is -0.465 e. The fourth-order valence-electron chi connectivity index (χ4n) is 2.02. The molecular formula is C16H13Br2NO4. The summed E-state index contributed by atoms with van der Waals surface area (Å²) in [5.41, 5.74) is 0.848. The number of carbonyl (C=O) groups is 2. The number of benzene rings is 1. The SMILES string of the molecule is COC(=O)C1=C(C(=O)OC)N(c2cc(Br)ccc2Br)C=CC=C1. The third kappa shape index (κ3) is 3.73. The van der Waals surface area contributed by atoms with Crippen LogP contribution in [0, 0.1) is 0 Å². The molecule has 1 aromatic carbocycles. The normalized spacial score (nSPS) is 13.8. The third-order valence-electron chi connectivity index (χ3n) is 3.06. The molecule has 120 valence electrons. The van der Waals surface area contributed by atoms with Crippen molar-refractivity contribution in [1.29, 1.82) is 0 Å². The molecule has 1 aliphatic heterocycles. The second-order valence-corrected chi connectivity index (χ2v) is 6.18. The largest absolute Gasteiger partial charge is 0.465 e. The summed E-state index contributed by atoms with van der Waals surface area (Å²) < 4.78 is 11.2. The van der Waals surface area contributed by atoms with Crippen molar-refractivity contribution in [1.82, 2.24) is 0 Å². The lowest BCUT2D eigenvalue weighted by molar-refractivity contribution is -0.139. The molecule has 0 bridgehead atoms. The van der Waals surface area contributed by atoms with Crippen LogP contribution in [0.15, 0.2) is 62.8 Å². The van der Waals surface area contributed by atoms with Crippen LogP contribution < -0.4 is 4.90 Å². The first-order valence-electron chi connectivity index (χ1n) is 6.49. The van der Waals surface area contributed by atoms with Crippen LogP contribution in [-0.4, -0.2) is 26.2 Å². The highest BCUT2D eigenvalue weighted by Crippen LogP contribution is 2.34. The predicted molar refractivity (Wildman–Crippen MR) is 93.7 cm³/mol. The molecule has 23 heavy (non-hydrogen) atoms. The van der Waals surface area contributed by atoms with E-state index in [9.17, 15) is 9.59 Å². The molecule has 0 fully saturated rings. The van der Waals surface area contributed by atoms with Crippen LogP contribution in [0.25, 0.3) is 0 Å². The standard InChI is InChI=1S/C16H13Br2NO4/c1-22-15(20)11-5-3-4-8-19(14(11)16(21)23-2)13-9-10(17)6-7-12(13)18/h3-9H,1-2H3. The Morgan fingerprint density at radius 2 is 1.74 bits per heavy atom. The summed E-state index contributed by atoms with van der Waals surface area (Å²) in [5.74, 6) is -1.27. The molecule has 0 aromatic heterocycles. The molecular weight excluding hydrogens is 430 g/mol. The van der Waals surface area contributed by atoms with Crippen LogP contribution >= 0.6 is 31.9 Å². The zero-order chi connectivity index (χ0) is 17.0. The average molecular weight is 443 g/mol. The second kappa shape index (κ2) is 7.61. The Hall–Kier alpha value is -1.86. The monoisotopic (exact) mass is 441 g/mol. The number of allylic oxidation sites excluding steroid dienone is 2. The first-order chi connectivity index (χ1) is 11.0. The number of methoxy groups -OCH3 is 2. The number of hydrogen-bond donors (Lipinski definition) is 0. The molecule has 5 nitrogen and oxygen atoms in total. The van der Waals surface area contributed by atoms with Crippen LogP contribution in [-0.2, 0) is 19.1 Å². The second-order valence-electron chi connectivity index (χ2n) is 4.41. The molecule has 0 amide bonds. The van der Waals surface area contributed by atoms with E-state index in [4.69, 9.17) is 9.47 Å². The summed E-state index contributed by atoms with van der Waals surface area (Å²) in [6.07, 6.45) is 6.55. The van der Waals surface area contributed by atoms with E-state index in [-0.39, 0.29) is 11.3 Å². The summed E-state index contributed by atoms with van der Waals surface area (Å²) in [6, 6.07) is 5.51. The number of hydrogen-bond acceptors (Lipinski definition) is 5. The molecule has 0 spiro atoms. The summed E-state index contributed by atoms with van der Waals surface area (Å²) >= 11 is 6.86. The van der Waals surface area contributed by atoms with Crippen LogP contribution in [0.4, 0.5) is 5.69 Å². The fourth-order valence-corrected chi connectivity index (χ4v) is 2.81. The highest BCUT2D eigenvalue weighted by atomic mass is 79.9. The minimum absolute atomic E-state index is 0.0724. The van der Waals surface area contributed by atoms with E-state index in [1.54, 1.807) is 23.3 Å². The maximum Gasteiger partial charge on any atom is 0.355 e. The molecule has 0 unspecified atom stereocenters. The maximum atomic E-state index is 12.3. The Morgan fingerprint density at radius 1 is 1.04 bits per heavy atom. The molecule has 0 aliphatic carbocycles. The van der Waals surface area contributed by atoms with E-state index in [2.05, 4.69) is 31.9 Å². The molecule has 2 rings (SSSR count). The maximum absolute atomic E-state index is 12.3. The van der Waals surface area contributed by atoms with Gasteiger partial charge in [0.15, 0.2) is 0 Å². The number of ether oxygens (including phenoxy) is 2. The predicted octanol–water partition coefficient (Wildman–Crippen LogP) is 3.70. The zero-order valence-electron chi connectivity index (χ0n) is 12.4. The van der Waals surface area contributed by atoms with Gasteiger partial charge in [0.2, 0.25) is 0 Å². The molecule has 0 radical (unpaired) electrons. The number of esters is 2. The lowest BCUT2D eigenvalue weighted by Gasteiger charge is -2.24. The van der Waals surface area contributed by atoms with E-state index >= 15 is 0 Å². The Morgan fingerprint density at radius 3 is 2.39 bits per heavy atom. The number of rotatable bonds is 3. The zero-order valence-corrected chi connectivity index (χ0v) is 15.5. The Kier molecular flexibility index (Phi) is 5.79. The van der Waals surface area contributed by atoms with Crippen molar-refractivity contribution in [2.24, 2.45) is 0 Å². The van der Waals surface area contributed by atoms with Crippen molar-refractivity contribution < 1.29 is 19.1 Å². The number of carbonyl (C=O) groups excluding carboxylic acids is 2. The van der Waals surface area contributed by atoms with E-state index in [1.165, 1.54) is 20.3 Å². The first-order valence-corrected chi connectivity index (χ1v) is 8.08. The summed E-state index contributed by atoms with van der Waals surface area (Å²) in [7, 11) is 2.52. The highest BCUT2D eigenvalue weighted by molar-refractivity contribution is 9.11. The van der Waals surface area contributed by atoms with E-state index < -0.39 is 11.9 Å². The van der Waals surface area contributed by atoms with Crippen molar-refractivity contribution >= 4 is 49.5 Å². The lowest BCUT2D eigenvalue weighted by Crippen LogP contribution is -2.27. The van der Waals surface area contributed by atoms with Gasteiger partial charge in [0.25, 0.3) is 0 Å². The van der Waals surface area contributed by atoms with Gasteiger partial charge >= 0.3 is 11.9 Å². The summed E-state index contributed by atoms with van der Waals surface area (Å²) in [4.78, 5) is 25.9. The molecule has 1 aromatic rings. The van der Waals surface area contributed by atoms with Gasteiger partial charge in [-0.3, -0.25) is 0 Å². The van der Waals surface area contributed by atoms with Gasteiger partial charge in [-0.15, -0.1) is 0 Å². The number of halogens is 2. The van der Waals surface area contributed by atoms with Crippen molar-refractivity contribution in [2.45, 2.75) is 0 Å². The Balaban J connectivity index is 2.71. The first kappa shape index (κ1) is 17.5. The van der Waals surface area contributed by atoms with Gasteiger partial charge in [0, 0.05) is 15.1 Å². The van der Waals surface area contributed by atoms with Crippen molar-refractivity contribution in [3.63, 3.8) is 0 Å². The van der Waals surface area contributed by atoms with Gasteiger partial charge in [0.05, 0.1) is 25.5 Å². The van der Waals surface area contributed by atoms with Crippen molar-refractivity contribution in [3.05, 3.63) is 62.8 Å². The van der Waals surface area contributed by atoms with E-state index in [0.29, 0.717) is 5.69 Å². The molecule has 1 heterocycles. The highest BCUT2D eigenvalue weighted by Gasteiger charge is 2.28. The molecule has 0 N–H and O–H groups in total. The topological polar surface area (TPSA) is 55.8 Å². The van der Waals surface area contributed by atoms with Crippen LogP contribution in [0.3, 0.4) is 0 Å². The van der Waals surface area contributed by atoms with Gasteiger partial charge in [-0.25, -0.2) is 9.59 Å². The van der Waals surface area contributed by atoms with E-state index in [1.807, 2.05) is 18.2 Å². The average Bonchev–Trinajstić information content (AvgIpc) is 2.78. The van der Waals surface area contributed by atoms with Crippen LogP contribution in [0.2, 0.25) is 0 Å². The van der Waals surface area contributed by atoms with E-state index in [0.717, 1.165) is 8.95 Å². The number of anilines is 1. The molecule has 7 heteroatoms. The Labute approximate surface area is 150 Å². The summed E-state index contributed by atoms with van der Waals surface area (Å²) in [6.45, 7) is 0. The van der Waals surface area contributed by atoms with Crippen LogP contribution in [0.1, 0.15) is 0 Å². The van der Waals surface area contributed by atoms with Gasteiger partial charge in [-0.1, -0.05) is 22.0 Å². The van der Waals surface area contributed by atoms with Gasteiger partial charge in [-0.05, 0) is 46.3 Å². The molecule has 0 saturated heterocycles. The van der Waals surface area contributed by atoms with Gasteiger partial charge < -0.3 is 14.4 Å². The minimum atomic E-state index is -0.645. The number of nitrogens with zero attached hydrogens (tertiary/aromatic N) is 1. The van der Waals surface area contributed by atoms with Crippen molar-refractivity contribution in [3.8, 4) is 0 Å². The Bertz CT molecular complexity index is 738. The quantitative estimate of drug-likeness (QED) is 0.668. The lowest BCUT2D eigenvalue weighted by atomic mass is 10.1. The molecule has 1 aliphatic rings. The third-order valence-corrected chi connectivity index (χ3v) is 4.22. The molecule has 0 saturated carbocycles. The smallest absolute Gasteiger partial charge is 0.355 e. The molecule has 0 atom stereocenters. The summed E-state index contributed by atoms with van der Waals surface area (Å²) in [5, 5.41) is 0. The van der Waals surface area contributed by atoms with Crippen LogP contribution in [0.5, 0.6) is 0 Å². The van der Waals surface area contributed by atoms with Crippen molar-refractivity contribution in [2.75, 3.05) is 19.1 Å². The van der Waals surface area contributed by atoms with Gasteiger partial charge in [0.1, 0.15) is 5.70 Å². The van der Waals surface area contributed by atoms with Gasteiger partial charge in [-0.2, -0.15) is 0 Å². The fraction of sp³-hybridized carbons (Fsp3) is 0.125.